The molecule has 0 N–H and O–H groups in total. The normalized spacial score (nSPS) is 31.6. The van der Waals surface area contributed by atoms with Gasteiger partial charge in [-0.2, -0.15) is 0 Å². The maximum atomic E-state index is 2.30. The summed E-state index contributed by atoms with van der Waals surface area (Å²) in [4.78, 5) is 0. The van der Waals surface area contributed by atoms with Gasteiger partial charge in [0.25, 0.3) is 0 Å². The molecule has 0 aromatic rings. The zero-order valence-electron chi connectivity index (χ0n) is 7.02. The Morgan fingerprint density at radius 3 is 1.89 bits per heavy atom. The molecule has 0 heteroatoms. The van der Waals surface area contributed by atoms with E-state index in [0.717, 1.165) is 11.8 Å². The number of hydrogen-bond donors (Lipinski definition) is 0. The van der Waals surface area contributed by atoms with Crippen LogP contribution in [-0.4, -0.2) is 0 Å². The maximum Gasteiger partial charge on any atom is -0.0233 e. The van der Waals surface area contributed by atoms with Crippen LogP contribution in [0.1, 0.15) is 34.1 Å². The molecule has 0 radical (unpaired) electrons. The van der Waals surface area contributed by atoms with Gasteiger partial charge in [-0.25, -0.2) is 0 Å². The molecule has 1 rings (SSSR count). The lowest BCUT2D eigenvalue weighted by Crippen LogP contribution is -1.96. The highest BCUT2D eigenvalue weighted by Gasteiger charge is 2.11. The van der Waals surface area contributed by atoms with Crippen molar-refractivity contribution in [2.24, 2.45) is 11.8 Å². The standard InChI is InChI=1S/C7H12.C2H6/c1-6-4-3-5-7(6)2;1-2/h3-4,6-7H,5H2,1-2H3;1-2H3. The van der Waals surface area contributed by atoms with Crippen LogP contribution in [0.2, 0.25) is 0 Å². The van der Waals surface area contributed by atoms with E-state index in [1.54, 1.807) is 0 Å². The minimum atomic E-state index is 0.833. The molecule has 0 amide bonds. The van der Waals surface area contributed by atoms with Gasteiger partial charge in [0, 0.05) is 0 Å². The van der Waals surface area contributed by atoms with E-state index >= 15 is 0 Å². The van der Waals surface area contributed by atoms with Crippen LogP contribution in [0.25, 0.3) is 0 Å². The van der Waals surface area contributed by atoms with Crippen molar-refractivity contribution < 1.29 is 0 Å². The second-order valence-corrected chi connectivity index (χ2v) is 2.50. The van der Waals surface area contributed by atoms with Crippen LogP contribution in [0.15, 0.2) is 12.2 Å². The highest BCUT2D eigenvalue weighted by atomic mass is 14.2. The average Bonchev–Trinajstić information content (AvgIpc) is 2.23. The molecule has 0 heterocycles. The highest BCUT2D eigenvalue weighted by Crippen LogP contribution is 2.22. The third-order valence-corrected chi connectivity index (χ3v) is 1.85. The molecule has 0 aromatic heterocycles. The predicted octanol–water partition coefficient (Wildman–Crippen LogP) is 3.24. The van der Waals surface area contributed by atoms with Gasteiger partial charge in [-0.15, -0.1) is 0 Å². The molecule has 0 fully saturated rings. The summed E-state index contributed by atoms with van der Waals surface area (Å²) in [7, 11) is 0. The van der Waals surface area contributed by atoms with E-state index in [9.17, 15) is 0 Å². The molecule has 1 aliphatic carbocycles. The Kier molecular flexibility index (Phi) is 4.47. The molecule has 0 spiro atoms. The zero-order chi connectivity index (χ0) is 7.28. The highest BCUT2D eigenvalue weighted by molar-refractivity contribution is 4.97. The first kappa shape index (κ1) is 8.74. The lowest BCUT2D eigenvalue weighted by Gasteiger charge is -2.04. The molecule has 0 nitrogen and oxygen atoms in total. The Morgan fingerprint density at radius 1 is 1.22 bits per heavy atom. The Labute approximate surface area is 59.0 Å². The van der Waals surface area contributed by atoms with Crippen LogP contribution in [0, 0.1) is 11.8 Å². The van der Waals surface area contributed by atoms with Crippen molar-refractivity contribution in [1.29, 1.82) is 0 Å². The maximum absolute atomic E-state index is 2.30. The molecule has 2 atom stereocenters. The smallest absolute Gasteiger partial charge is 0.0233 e. The summed E-state index contributed by atoms with van der Waals surface area (Å²) in [5, 5.41) is 0. The van der Waals surface area contributed by atoms with Crippen molar-refractivity contribution in [2.45, 2.75) is 34.1 Å². The van der Waals surface area contributed by atoms with Gasteiger partial charge < -0.3 is 0 Å². The van der Waals surface area contributed by atoms with Gasteiger partial charge >= 0.3 is 0 Å². The van der Waals surface area contributed by atoms with Crippen LogP contribution < -0.4 is 0 Å². The second kappa shape index (κ2) is 4.60. The lowest BCUT2D eigenvalue weighted by molar-refractivity contribution is 0.498. The minimum absolute atomic E-state index is 0.833. The predicted molar refractivity (Wildman–Crippen MR) is 43.4 cm³/mol. The molecular formula is C9H18. The summed E-state index contributed by atoms with van der Waals surface area (Å²) in [6.07, 6.45) is 5.86. The molecule has 2 unspecified atom stereocenters. The summed E-state index contributed by atoms with van der Waals surface area (Å²) >= 11 is 0. The molecule has 0 saturated carbocycles. The SMILES string of the molecule is CC.CC1C=CCC1C. The van der Waals surface area contributed by atoms with Gasteiger partial charge in [-0.1, -0.05) is 39.8 Å². The first-order chi connectivity index (χ1) is 4.30. The van der Waals surface area contributed by atoms with Crippen LogP contribution in [0.4, 0.5) is 0 Å². The van der Waals surface area contributed by atoms with Crippen LogP contribution in [0.5, 0.6) is 0 Å². The number of allylic oxidation sites excluding steroid dienone is 2. The Balaban J connectivity index is 0.000000291. The van der Waals surface area contributed by atoms with Crippen LogP contribution in [-0.2, 0) is 0 Å². The van der Waals surface area contributed by atoms with E-state index in [1.165, 1.54) is 6.42 Å². The molecule has 54 valence electrons. The first-order valence-electron chi connectivity index (χ1n) is 3.97. The van der Waals surface area contributed by atoms with Crippen molar-refractivity contribution in [1.82, 2.24) is 0 Å². The summed E-state index contributed by atoms with van der Waals surface area (Å²) < 4.78 is 0. The summed E-state index contributed by atoms with van der Waals surface area (Å²) in [6, 6.07) is 0. The Hall–Kier alpha value is -0.260. The molecular weight excluding hydrogens is 108 g/mol. The van der Waals surface area contributed by atoms with Gasteiger partial charge in [0.05, 0.1) is 0 Å². The van der Waals surface area contributed by atoms with E-state index in [0.29, 0.717) is 0 Å². The summed E-state index contributed by atoms with van der Waals surface area (Å²) in [5.41, 5.74) is 0. The van der Waals surface area contributed by atoms with Crippen LogP contribution >= 0.6 is 0 Å². The van der Waals surface area contributed by atoms with Gasteiger partial charge in [-0.3, -0.25) is 0 Å². The molecule has 0 aromatic carbocycles. The molecule has 0 aliphatic heterocycles. The van der Waals surface area contributed by atoms with Crippen molar-refractivity contribution in [2.75, 3.05) is 0 Å². The minimum Gasteiger partial charge on any atom is -0.0880 e. The van der Waals surface area contributed by atoms with Gasteiger partial charge in [0.15, 0.2) is 0 Å². The Morgan fingerprint density at radius 2 is 1.78 bits per heavy atom. The van der Waals surface area contributed by atoms with Gasteiger partial charge in [0.1, 0.15) is 0 Å². The lowest BCUT2D eigenvalue weighted by atomic mass is 10.0. The average molecular weight is 126 g/mol. The van der Waals surface area contributed by atoms with Crippen molar-refractivity contribution in [3.05, 3.63) is 12.2 Å². The largest absolute Gasteiger partial charge is 0.0880 e. The summed E-state index contributed by atoms with van der Waals surface area (Å²) in [6.45, 7) is 8.57. The van der Waals surface area contributed by atoms with E-state index in [2.05, 4.69) is 26.0 Å². The fourth-order valence-corrected chi connectivity index (χ4v) is 0.912. The molecule has 0 saturated heterocycles. The third-order valence-electron chi connectivity index (χ3n) is 1.85. The third kappa shape index (κ3) is 2.69. The molecule has 9 heavy (non-hydrogen) atoms. The van der Waals surface area contributed by atoms with Gasteiger partial charge in [0.2, 0.25) is 0 Å². The zero-order valence-corrected chi connectivity index (χ0v) is 7.02. The fourth-order valence-electron chi connectivity index (χ4n) is 0.912. The van der Waals surface area contributed by atoms with Crippen molar-refractivity contribution in [3.63, 3.8) is 0 Å². The van der Waals surface area contributed by atoms with E-state index < -0.39 is 0 Å². The second-order valence-electron chi connectivity index (χ2n) is 2.50. The van der Waals surface area contributed by atoms with E-state index in [-0.39, 0.29) is 0 Å². The summed E-state index contributed by atoms with van der Waals surface area (Å²) in [5.74, 6) is 1.74. The van der Waals surface area contributed by atoms with Crippen LogP contribution in [0.3, 0.4) is 0 Å². The molecule has 0 bridgehead atoms. The quantitative estimate of drug-likeness (QED) is 0.437. The van der Waals surface area contributed by atoms with E-state index in [1.807, 2.05) is 13.8 Å². The number of rotatable bonds is 0. The van der Waals surface area contributed by atoms with Crippen molar-refractivity contribution in [3.8, 4) is 0 Å². The topological polar surface area (TPSA) is 0 Å². The van der Waals surface area contributed by atoms with E-state index in [4.69, 9.17) is 0 Å². The van der Waals surface area contributed by atoms with Gasteiger partial charge in [-0.05, 0) is 18.3 Å². The molecule has 1 aliphatic rings. The van der Waals surface area contributed by atoms with Crippen molar-refractivity contribution >= 4 is 0 Å². The number of hydrogen-bond acceptors (Lipinski definition) is 0. The fraction of sp³-hybridized carbons (Fsp3) is 0.778. The first-order valence-corrected chi connectivity index (χ1v) is 3.97. The monoisotopic (exact) mass is 126 g/mol. The Bertz CT molecular complexity index is 82.0.